The Kier molecular flexibility index (Phi) is 8.86. The summed E-state index contributed by atoms with van der Waals surface area (Å²) in [6.07, 6.45) is 5.51. The fourth-order valence-electron chi connectivity index (χ4n) is 7.84. The van der Waals surface area contributed by atoms with Crippen molar-refractivity contribution in [3.8, 4) is 0 Å². The molecule has 8 heteroatoms. The number of anilines is 1. The van der Waals surface area contributed by atoms with Gasteiger partial charge in [0.05, 0.1) is 30.1 Å². The first kappa shape index (κ1) is 31.0. The van der Waals surface area contributed by atoms with E-state index in [4.69, 9.17) is 4.74 Å². The predicted molar refractivity (Wildman–Crippen MR) is 160 cm³/mol. The van der Waals surface area contributed by atoms with Crippen LogP contribution in [0.15, 0.2) is 43.5 Å². The molecule has 2 bridgehead atoms. The first-order valence-electron chi connectivity index (χ1n) is 14.9. The Bertz CT molecular complexity index is 1190. The molecule has 0 radical (unpaired) electrons. The number of benzene rings is 1. The van der Waals surface area contributed by atoms with Gasteiger partial charge in [0.15, 0.2) is 0 Å². The topological polar surface area (TPSA) is 90.4 Å². The lowest BCUT2D eigenvalue weighted by Gasteiger charge is -2.40. The molecule has 0 aliphatic carbocycles. The summed E-state index contributed by atoms with van der Waals surface area (Å²) in [5.41, 5.74) is 0.662. The molecule has 0 aromatic heterocycles. The molecule has 6 atom stereocenters. The molecule has 3 fully saturated rings. The van der Waals surface area contributed by atoms with E-state index in [2.05, 4.69) is 13.2 Å². The van der Waals surface area contributed by atoms with Crippen LogP contribution in [0.2, 0.25) is 0 Å². The lowest BCUT2D eigenvalue weighted by molar-refractivity contribution is -0.153. The highest BCUT2D eigenvalue weighted by Gasteiger charge is 2.79. The minimum absolute atomic E-state index is 0.165. The molecule has 1 spiro atoms. The molecule has 3 aliphatic heterocycles. The average Bonchev–Trinajstić information content (AvgIpc) is 3.54. The van der Waals surface area contributed by atoms with Gasteiger partial charge in [-0.3, -0.25) is 14.4 Å². The van der Waals surface area contributed by atoms with Crippen molar-refractivity contribution < 1.29 is 24.2 Å². The first-order valence-corrected chi connectivity index (χ1v) is 14.9. The SMILES string of the molecule is C=CCN(C)C(=O)[C@@H]1[C@H]2C(=O)N([C@@H](CO)CC(C)C)C(C(=O)N(CC=C)c3c(C)cccc3C)C23CC[C@@]1(CC)O3. The maximum absolute atomic E-state index is 14.9. The molecule has 4 rings (SSSR count). The number of rotatable bonds is 12. The van der Waals surface area contributed by atoms with Gasteiger partial charge < -0.3 is 24.5 Å². The number of hydrogen-bond donors (Lipinski definition) is 1. The molecule has 224 valence electrons. The Labute approximate surface area is 245 Å². The number of nitrogens with zero attached hydrogens (tertiary/aromatic N) is 3. The van der Waals surface area contributed by atoms with Crippen LogP contribution in [0.1, 0.15) is 57.6 Å². The van der Waals surface area contributed by atoms with E-state index in [9.17, 15) is 19.5 Å². The minimum atomic E-state index is -1.17. The summed E-state index contributed by atoms with van der Waals surface area (Å²) in [5.74, 6) is -2.06. The molecule has 41 heavy (non-hydrogen) atoms. The third-order valence-electron chi connectivity index (χ3n) is 9.53. The number of ether oxygens (including phenoxy) is 1. The zero-order chi connectivity index (χ0) is 30.3. The zero-order valence-electron chi connectivity index (χ0n) is 25.6. The van der Waals surface area contributed by atoms with Crippen molar-refractivity contribution in [3.63, 3.8) is 0 Å². The number of para-hydroxylation sites is 1. The van der Waals surface area contributed by atoms with Gasteiger partial charge in [-0.05, 0) is 56.6 Å². The number of aliphatic hydroxyl groups excluding tert-OH is 1. The van der Waals surface area contributed by atoms with Crippen LogP contribution in [0.5, 0.6) is 0 Å². The average molecular weight is 566 g/mol. The fourth-order valence-corrected chi connectivity index (χ4v) is 7.84. The number of fused-ring (bicyclic) bond motifs is 1. The van der Waals surface area contributed by atoms with Gasteiger partial charge in [0.25, 0.3) is 5.91 Å². The molecule has 8 nitrogen and oxygen atoms in total. The maximum atomic E-state index is 14.9. The molecule has 1 aromatic rings. The Morgan fingerprint density at radius 3 is 2.32 bits per heavy atom. The van der Waals surface area contributed by atoms with Crippen molar-refractivity contribution in [1.82, 2.24) is 9.80 Å². The lowest BCUT2D eigenvalue weighted by atomic mass is 9.64. The van der Waals surface area contributed by atoms with Gasteiger partial charge in [-0.1, -0.05) is 51.1 Å². The second kappa shape index (κ2) is 11.7. The Morgan fingerprint density at radius 2 is 1.78 bits per heavy atom. The summed E-state index contributed by atoms with van der Waals surface area (Å²) < 4.78 is 6.95. The highest BCUT2D eigenvalue weighted by molar-refractivity contribution is 6.06. The molecule has 1 aromatic carbocycles. The maximum Gasteiger partial charge on any atom is 0.253 e. The van der Waals surface area contributed by atoms with E-state index in [-0.39, 0.29) is 36.8 Å². The van der Waals surface area contributed by atoms with E-state index in [0.29, 0.717) is 32.2 Å². The summed E-state index contributed by atoms with van der Waals surface area (Å²) >= 11 is 0. The highest BCUT2D eigenvalue weighted by Crippen LogP contribution is 2.65. The van der Waals surface area contributed by atoms with Crippen LogP contribution >= 0.6 is 0 Å². The van der Waals surface area contributed by atoms with Crippen LogP contribution in [0.25, 0.3) is 0 Å². The quantitative estimate of drug-likeness (QED) is 0.387. The number of hydrogen-bond acceptors (Lipinski definition) is 5. The van der Waals surface area contributed by atoms with Crippen LogP contribution in [0, 0.1) is 31.6 Å². The van der Waals surface area contributed by atoms with Crippen molar-refractivity contribution >= 4 is 23.4 Å². The highest BCUT2D eigenvalue weighted by atomic mass is 16.5. The van der Waals surface area contributed by atoms with E-state index in [1.54, 1.807) is 33.9 Å². The minimum Gasteiger partial charge on any atom is -0.394 e. The van der Waals surface area contributed by atoms with Gasteiger partial charge in [-0.25, -0.2) is 0 Å². The standard InChI is InChI=1S/C33H47N3O5/c1-9-17-34(8)29(38)25-26-30(39)36(24(20-37)19-21(4)5)28(33(26)16-15-32(25,11-3)41-33)31(40)35(18-10-2)27-22(6)13-12-14-23(27)7/h9-10,12-14,21,24-26,28,37H,1-2,11,15-20H2,3-8H3/t24-,25+,26+,28?,32-,33?/m1/s1. The Hall–Kier alpha value is -2.97. The summed E-state index contributed by atoms with van der Waals surface area (Å²) in [5, 5.41) is 10.6. The van der Waals surface area contributed by atoms with E-state index >= 15 is 0 Å². The smallest absolute Gasteiger partial charge is 0.253 e. The number of aryl methyl sites for hydroxylation is 2. The molecule has 3 amide bonds. The van der Waals surface area contributed by atoms with Gasteiger partial charge in [0.1, 0.15) is 11.6 Å². The third-order valence-corrected chi connectivity index (χ3v) is 9.53. The molecule has 3 saturated heterocycles. The van der Waals surface area contributed by atoms with Crippen molar-refractivity contribution in [2.24, 2.45) is 17.8 Å². The number of aliphatic hydroxyl groups is 1. The zero-order valence-corrected chi connectivity index (χ0v) is 25.6. The van der Waals surface area contributed by atoms with Crippen molar-refractivity contribution in [2.45, 2.75) is 83.6 Å². The summed E-state index contributed by atoms with van der Waals surface area (Å²) in [4.78, 5) is 48.5. The molecule has 3 aliphatic rings. The van der Waals surface area contributed by atoms with E-state index in [1.807, 2.05) is 52.8 Å². The molecule has 0 saturated carbocycles. The lowest BCUT2D eigenvalue weighted by Crippen LogP contribution is -2.59. The number of likely N-dealkylation sites (N-methyl/N-ethyl adjacent to an activating group) is 1. The Morgan fingerprint density at radius 1 is 1.15 bits per heavy atom. The second-order valence-corrected chi connectivity index (χ2v) is 12.5. The second-order valence-electron chi connectivity index (χ2n) is 12.5. The predicted octanol–water partition coefficient (Wildman–Crippen LogP) is 4.03. The number of amides is 3. The third kappa shape index (κ3) is 4.83. The largest absolute Gasteiger partial charge is 0.394 e. The van der Waals surface area contributed by atoms with Crippen LogP contribution < -0.4 is 4.90 Å². The fraction of sp³-hybridized carbons (Fsp3) is 0.606. The summed E-state index contributed by atoms with van der Waals surface area (Å²) in [7, 11) is 1.72. The van der Waals surface area contributed by atoms with Crippen molar-refractivity contribution in [1.29, 1.82) is 0 Å². The molecule has 1 N–H and O–H groups in total. The Balaban J connectivity index is 1.91. The van der Waals surface area contributed by atoms with Crippen LogP contribution in [-0.4, -0.2) is 82.7 Å². The van der Waals surface area contributed by atoms with Crippen molar-refractivity contribution in [3.05, 3.63) is 54.6 Å². The first-order chi connectivity index (χ1) is 19.4. The van der Waals surface area contributed by atoms with Crippen molar-refractivity contribution in [2.75, 3.05) is 31.6 Å². The monoisotopic (exact) mass is 565 g/mol. The molecule has 3 heterocycles. The van der Waals surface area contributed by atoms with Crippen LogP contribution in [0.3, 0.4) is 0 Å². The van der Waals surface area contributed by atoms with E-state index in [1.165, 1.54) is 0 Å². The van der Waals surface area contributed by atoms with Crippen LogP contribution in [0.4, 0.5) is 5.69 Å². The number of likely N-dealkylation sites (tertiary alicyclic amines) is 1. The van der Waals surface area contributed by atoms with Gasteiger partial charge in [0.2, 0.25) is 11.8 Å². The van der Waals surface area contributed by atoms with Gasteiger partial charge in [-0.15, -0.1) is 13.2 Å². The van der Waals surface area contributed by atoms with Gasteiger partial charge in [0, 0.05) is 25.8 Å². The summed E-state index contributed by atoms with van der Waals surface area (Å²) in [6, 6.07) is 4.33. The molecular weight excluding hydrogens is 518 g/mol. The summed E-state index contributed by atoms with van der Waals surface area (Å²) in [6.45, 7) is 18.0. The van der Waals surface area contributed by atoms with Gasteiger partial charge >= 0.3 is 0 Å². The number of carbonyl (C=O) groups is 3. The van der Waals surface area contributed by atoms with E-state index in [0.717, 1.165) is 16.8 Å². The van der Waals surface area contributed by atoms with Gasteiger partial charge in [-0.2, -0.15) is 0 Å². The molecular formula is C33H47N3O5. The van der Waals surface area contributed by atoms with Crippen LogP contribution in [-0.2, 0) is 19.1 Å². The molecule has 2 unspecified atom stereocenters. The normalized spacial score (nSPS) is 29.0. The van der Waals surface area contributed by atoms with E-state index < -0.39 is 35.1 Å². The number of carbonyl (C=O) groups excluding carboxylic acids is 3.